The summed E-state index contributed by atoms with van der Waals surface area (Å²) >= 11 is 1.77. The van der Waals surface area contributed by atoms with E-state index in [4.69, 9.17) is 0 Å². The summed E-state index contributed by atoms with van der Waals surface area (Å²) in [7, 11) is 0. The minimum Gasteiger partial charge on any atom is -0.364 e. The highest BCUT2D eigenvalue weighted by molar-refractivity contribution is 7.10. The van der Waals surface area contributed by atoms with Crippen molar-refractivity contribution in [1.29, 1.82) is 0 Å². The Kier molecular flexibility index (Phi) is 2.96. The molecule has 0 saturated heterocycles. The van der Waals surface area contributed by atoms with Gasteiger partial charge in [-0.1, -0.05) is 0 Å². The Balaban J connectivity index is 1.55. The number of aryl methyl sites for hydroxylation is 1. The van der Waals surface area contributed by atoms with Crippen LogP contribution in [0, 0.1) is 12.8 Å². The van der Waals surface area contributed by atoms with Crippen LogP contribution in [0.4, 0.5) is 0 Å². The number of H-pyrrole nitrogens is 1. The summed E-state index contributed by atoms with van der Waals surface area (Å²) in [5, 5.41) is 5.10. The summed E-state index contributed by atoms with van der Waals surface area (Å²) in [6.45, 7) is 2.72. The molecule has 3 rings (SSSR count). The molecule has 0 aromatic carbocycles. The maximum Gasteiger partial charge on any atom is 0.224 e. The van der Waals surface area contributed by atoms with Crippen LogP contribution in [-0.2, 0) is 11.3 Å². The van der Waals surface area contributed by atoms with Crippen LogP contribution in [0.15, 0.2) is 29.8 Å². The zero-order valence-corrected chi connectivity index (χ0v) is 11.1. The van der Waals surface area contributed by atoms with E-state index in [1.807, 2.05) is 18.3 Å². The highest BCUT2D eigenvalue weighted by atomic mass is 32.1. The second-order valence-electron chi connectivity index (χ2n) is 4.83. The van der Waals surface area contributed by atoms with Gasteiger partial charge in [-0.15, -0.1) is 11.3 Å². The first-order valence-electron chi connectivity index (χ1n) is 6.19. The molecule has 4 heteroatoms. The molecular formula is C14H16N2OS. The standard InChI is InChI=1S/C14H16N2OS/c1-9-4-6-18-13(9)11-7-12(11)14(17)16-8-10-3-2-5-15-10/h2-6,11-12,15H,7-8H2,1H3,(H,16,17)/t11-,12-/m1/s1. The van der Waals surface area contributed by atoms with Gasteiger partial charge in [-0.05, 0) is 42.5 Å². The lowest BCUT2D eigenvalue weighted by Gasteiger charge is -2.03. The van der Waals surface area contributed by atoms with Gasteiger partial charge in [0.25, 0.3) is 0 Å². The van der Waals surface area contributed by atoms with Crippen molar-refractivity contribution in [2.24, 2.45) is 5.92 Å². The first-order valence-corrected chi connectivity index (χ1v) is 7.07. The average molecular weight is 260 g/mol. The molecule has 1 amide bonds. The van der Waals surface area contributed by atoms with Gasteiger partial charge in [0.1, 0.15) is 0 Å². The fourth-order valence-corrected chi connectivity index (χ4v) is 3.44. The smallest absolute Gasteiger partial charge is 0.224 e. The Hall–Kier alpha value is -1.55. The largest absolute Gasteiger partial charge is 0.364 e. The van der Waals surface area contributed by atoms with Crippen molar-refractivity contribution in [2.45, 2.75) is 25.8 Å². The number of hydrogen-bond acceptors (Lipinski definition) is 2. The summed E-state index contributed by atoms with van der Waals surface area (Å²) in [5.41, 5.74) is 2.37. The van der Waals surface area contributed by atoms with E-state index in [-0.39, 0.29) is 11.8 Å². The van der Waals surface area contributed by atoms with Crippen LogP contribution >= 0.6 is 11.3 Å². The SMILES string of the molecule is Cc1ccsc1[C@@H]1C[C@H]1C(=O)NCc1ccc[nH]1. The van der Waals surface area contributed by atoms with Gasteiger partial charge in [-0.25, -0.2) is 0 Å². The van der Waals surface area contributed by atoms with Crippen molar-refractivity contribution in [3.63, 3.8) is 0 Å². The third-order valence-electron chi connectivity index (χ3n) is 3.48. The molecule has 2 heterocycles. The number of amides is 1. The van der Waals surface area contributed by atoms with Crippen LogP contribution in [-0.4, -0.2) is 10.9 Å². The van der Waals surface area contributed by atoms with Crippen molar-refractivity contribution in [2.75, 3.05) is 0 Å². The number of carbonyl (C=O) groups excluding carboxylic acids is 1. The second-order valence-corrected chi connectivity index (χ2v) is 5.78. The molecule has 1 fully saturated rings. The Labute approximate surface area is 110 Å². The van der Waals surface area contributed by atoms with Crippen LogP contribution < -0.4 is 5.32 Å². The van der Waals surface area contributed by atoms with Gasteiger partial charge in [0, 0.05) is 28.6 Å². The van der Waals surface area contributed by atoms with Gasteiger partial charge < -0.3 is 10.3 Å². The van der Waals surface area contributed by atoms with Crippen LogP contribution in [0.2, 0.25) is 0 Å². The Bertz CT molecular complexity index is 544. The van der Waals surface area contributed by atoms with Crippen molar-refractivity contribution in [3.05, 3.63) is 45.9 Å². The molecule has 0 radical (unpaired) electrons. The molecule has 0 bridgehead atoms. The molecule has 1 aliphatic rings. The second kappa shape index (κ2) is 4.61. The number of rotatable bonds is 4. The lowest BCUT2D eigenvalue weighted by Crippen LogP contribution is -2.24. The topological polar surface area (TPSA) is 44.9 Å². The Morgan fingerprint density at radius 2 is 2.44 bits per heavy atom. The van der Waals surface area contributed by atoms with E-state index in [9.17, 15) is 4.79 Å². The van der Waals surface area contributed by atoms with Gasteiger partial charge in [0.2, 0.25) is 5.91 Å². The minimum atomic E-state index is 0.178. The summed E-state index contributed by atoms with van der Waals surface area (Å²) in [6.07, 6.45) is 2.87. The first-order chi connectivity index (χ1) is 8.75. The highest BCUT2D eigenvalue weighted by Gasteiger charge is 2.45. The number of aromatic amines is 1. The zero-order chi connectivity index (χ0) is 12.5. The number of hydrogen-bond donors (Lipinski definition) is 2. The van der Waals surface area contributed by atoms with Crippen molar-refractivity contribution in [3.8, 4) is 0 Å². The molecule has 94 valence electrons. The molecular weight excluding hydrogens is 244 g/mol. The maximum atomic E-state index is 12.0. The number of aromatic nitrogens is 1. The van der Waals surface area contributed by atoms with Crippen molar-refractivity contribution in [1.82, 2.24) is 10.3 Å². The molecule has 1 aliphatic carbocycles. The zero-order valence-electron chi connectivity index (χ0n) is 10.3. The molecule has 2 N–H and O–H groups in total. The predicted octanol–water partition coefficient (Wildman–Crippen LogP) is 2.80. The van der Waals surface area contributed by atoms with Gasteiger partial charge in [-0.2, -0.15) is 0 Å². The van der Waals surface area contributed by atoms with Crippen LogP contribution in [0.25, 0.3) is 0 Å². The third kappa shape index (κ3) is 2.20. The Morgan fingerprint density at radius 3 is 3.11 bits per heavy atom. The quantitative estimate of drug-likeness (QED) is 0.872. The van der Waals surface area contributed by atoms with Gasteiger partial charge >= 0.3 is 0 Å². The molecule has 18 heavy (non-hydrogen) atoms. The number of nitrogens with one attached hydrogen (secondary N) is 2. The number of thiophene rings is 1. The lowest BCUT2D eigenvalue weighted by molar-refractivity contribution is -0.122. The van der Waals surface area contributed by atoms with Crippen LogP contribution in [0.1, 0.15) is 28.5 Å². The first kappa shape index (κ1) is 11.5. The van der Waals surface area contributed by atoms with Crippen molar-refractivity contribution < 1.29 is 4.79 Å². The maximum absolute atomic E-state index is 12.0. The Morgan fingerprint density at radius 1 is 1.56 bits per heavy atom. The highest BCUT2D eigenvalue weighted by Crippen LogP contribution is 2.50. The molecule has 2 atom stereocenters. The third-order valence-corrected chi connectivity index (χ3v) is 4.63. The van der Waals surface area contributed by atoms with Gasteiger partial charge in [0.05, 0.1) is 6.54 Å². The lowest BCUT2D eigenvalue weighted by atomic mass is 10.2. The summed E-state index contributed by atoms with van der Waals surface area (Å²) in [6, 6.07) is 6.05. The van der Waals surface area contributed by atoms with E-state index >= 15 is 0 Å². The van der Waals surface area contributed by atoms with Crippen molar-refractivity contribution >= 4 is 17.2 Å². The fraction of sp³-hybridized carbons (Fsp3) is 0.357. The fourth-order valence-electron chi connectivity index (χ4n) is 2.33. The average Bonchev–Trinajstić information content (AvgIpc) is 2.78. The predicted molar refractivity (Wildman–Crippen MR) is 72.5 cm³/mol. The van der Waals surface area contributed by atoms with Gasteiger partial charge in [-0.3, -0.25) is 4.79 Å². The molecule has 0 unspecified atom stereocenters. The van der Waals surface area contributed by atoms with E-state index < -0.39 is 0 Å². The molecule has 0 aliphatic heterocycles. The molecule has 0 spiro atoms. The van der Waals surface area contributed by atoms with E-state index in [0.717, 1.165) is 12.1 Å². The molecule has 3 nitrogen and oxygen atoms in total. The molecule has 2 aromatic heterocycles. The van der Waals surface area contributed by atoms with E-state index in [1.165, 1.54) is 10.4 Å². The van der Waals surface area contributed by atoms with E-state index in [1.54, 1.807) is 11.3 Å². The molecule has 2 aromatic rings. The number of carbonyl (C=O) groups is 1. The van der Waals surface area contributed by atoms with E-state index in [0.29, 0.717) is 12.5 Å². The van der Waals surface area contributed by atoms with E-state index in [2.05, 4.69) is 28.7 Å². The van der Waals surface area contributed by atoms with Crippen LogP contribution in [0.3, 0.4) is 0 Å². The van der Waals surface area contributed by atoms with Gasteiger partial charge in [0.15, 0.2) is 0 Å². The monoisotopic (exact) mass is 260 g/mol. The summed E-state index contributed by atoms with van der Waals surface area (Å²) in [5.74, 6) is 0.813. The summed E-state index contributed by atoms with van der Waals surface area (Å²) in [4.78, 5) is 16.5. The van der Waals surface area contributed by atoms with Crippen LogP contribution in [0.5, 0.6) is 0 Å². The molecule has 1 saturated carbocycles. The summed E-state index contributed by atoms with van der Waals surface area (Å²) < 4.78 is 0. The minimum absolute atomic E-state index is 0.178. The normalized spacial score (nSPS) is 21.8.